The summed E-state index contributed by atoms with van der Waals surface area (Å²) in [7, 11) is 0. The first-order valence-corrected chi connectivity index (χ1v) is 6.57. The van der Waals surface area contributed by atoms with Gasteiger partial charge in [-0.1, -0.05) is 5.16 Å². The minimum absolute atomic E-state index is 0.804. The van der Waals surface area contributed by atoms with Crippen LogP contribution in [0.15, 0.2) is 28.1 Å². The van der Waals surface area contributed by atoms with Crippen LogP contribution in [0, 0.1) is 13.8 Å². The lowest BCUT2D eigenvalue weighted by atomic mass is 10.2. The average molecular weight is 260 g/mol. The largest absolute Gasteiger partial charge is 0.361 e. The fourth-order valence-electron chi connectivity index (χ4n) is 1.81. The maximum Gasteiger partial charge on any atom is 0.141 e. The van der Waals surface area contributed by atoms with Crippen molar-refractivity contribution in [1.82, 2.24) is 20.1 Å². The molecule has 0 aliphatic carbocycles. The maximum absolute atomic E-state index is 5.15. The first-order valence-electron chi connectivity index (χ1n) is 5.58. The van der Waals surface area contributed by atoms with Gasteiger partial charge >= 0.3 is 0 Å². The summed E-state index contributed by atoms with van der Waals surface area (Å²) in [5, 5.41) is 5.98. The fraction of sp³-hybridized carbons (Fsp3) is 0.250. The minimum atomic E-state index is 0.804. The molecule has 6 heteroatoms. The zero-order valence-corrected chi connectivity index (χ0v) is 10.9. The molecule has 0 fully saturated rings. The van der Waals surface area contributed by atoms with Crippen LogP contribution in [0.2, 0.25) is 0 Å². The molecule has 0 saturated heterocycles. The number of thioether (sulfide) groups is 1. The molecule has 18 heavy (non-hydrogen) atoms. The van der Waals surface area contributed by atoms with E-state index in [-0.39, 0.29) is 0 Å². The van der Waals surface area contributed by atoms with Gasteiger partial charge in [0.2, 0.25) is 0 Å². The average Bonchev–Trinajstić information content (AvgIpc) is 2.95. The predicted molar refractivity (Wildman–Crippen MR) is 69.4 cm³/mol. The minimum Gasteiger partial charge on any atom is -0.361 e. The molecule has 0 saturated carbocycles. The number of fused-ring (bicyclic) bond motifs is 1. The van der Waals surface area contributed by atoms with Crippen LogP contribution in [0.4, 0.5) is 0 Å². The lowest BCUT2D eigenvalue weighted by Crippen LogP contribution is -1.88. The molecule has 3 heterocycles. The van der Waals surface area contributed by atoms with Crippen LogP contribution in [-0.2, 0) is 5.75 Å². The molecule has 3 rings (SSSR count). The lowest BCUT2D eigenvalue weighted by molar-refractivity contribution is 0.392. The van der Waals surface area contributed by atoms with Crippen molar-refractivity contribution in [2.75, 3.05) is 0 Å². The standard InChI is InChI=1S/C12H12N4OS/c1-7-10(8(2)17-16-7)5-18-12-9-3-4-13-11(9)14-6-15-12/h3-4,6H,5H2,1-2H3,(H,13,14,15). The van der Waals surface area contributed by atoms with Crippen LogP contribution in [0.25, 0.3) is 11.0 Å². The van der Waals surface area contributed by atoms with Gasteiger partial charge in [-0.25, -0.2) is 9.97 Å². The summed E-state index contributed by atoms with van der Waals surface area (Å²) in [4.78, 5) is 11.6. The van der Waals surface area contributed by atoms with Crippen molar-refractivity contribution in [3.05, 3.63) is 35.6 Å². The van der Waals surface area contributed by atoms with E-state index in [9.17, 15) is 0 Å². The number of aromatic amines is 1. The molecule has 0 aliphatic rings. The van der Waals surface area contributed by atoms with Gasteiger partial charge in [-0.3, -0.25) is 0 Å². The van der Waals surface area contributed by atoms with Gasteiger partial charge < -0.3 is 9.51 Å². The molecule has 92 valence electrons. The Labute approximate surface area is 108 Å². The Morgan fingerprint density at radius 2 is 2.22 bits per heavy atom. The third kappa shape index (κ3) is 1.88. The number of aromatic nitrogens is 4. The second-order valence-corrected chi connectivity index (χ2v) is 4.97. The molecule has 0 bridgehead atoms. The number of aryl methyl sites for hydroxylation is 2. The van der Waals surface area contributed by atoms with E-state index in [0.717, 1.165) is 38.8 Å². The molecule has 5 nitrogen and oxygen atoms in total. The number of nitrogens with zero attached hydrogens (tertiary/aromatic N) is 3. The Morgan fingerprint density at radius 3 is 3.00 bits per heavy atom. The van der Waals surface area contributed by atoms with E-state index in [1.807, 2.05) is 26.1 Å². The van der Waals surface area contributed by atoms with Gasteiger partial charge in [0.15, 0.2) is 0 Å². The van der Waals surface area contributed by atoms with E-state index in [1.165, 1.54) is 0 Å². The van der Waals surface area contributed by atoms with Crippen LogP contribution < -0.4 is 0 Å². The molecular formula is C12H12N4OS. The summed E-state index contributed by atoms with van der Waals surface area (Å²) < 4.78 is 5.15. The molecule has 3 aromatic heterocycles. The fourth-order valence-corrected chi connectivity index (χ4v) is 2.95. The third-order valence-electron chi connectivity index (χ3n) is 2.85. The van der Waals surface area contributed by atoms with E-state index < -0.39 is 0 Å². The molecule has 0 unspecified atom stereocenters. The quantitative estimate of drug-likeness (QED) is 0.579. The van der Waals surface area contributed by atoms with Gasteiger partial charge in [0, 0.05) is 17.5 Å². The highest BCUT2D eigenvalue weighted by molar-refractivity contribution is 7.98. The topological polar surface area (TPSA) is 67.6 Å². The van der Waals surface area contributed by atoms with Crippen molar-refractivity contribution < 1.29 is 4.52 Å². The van der Waals surface area contributed by atoms with Gasteiger partial charge in [0.1, 0.15) is 22.8 Å². The molecule has 0 radical (unpaired) electrons. The van der Waals surface area contributed by atoms with Gasteiger partial charge in [-0.2, -0.15) is 0 Å². The van der Waals surface area contributed by atoms with Gasteiger partial charge in [0.05, 0.1) is 11.1 Å². The second-order valence-electron chi connectivity index (χ2n) is 4.01. The van der Waals surface area contributed by atoms with Gasteiger partial charge in [0.25, 0.3) is 0 Å². The number of hydrogen-bond acceptors (Lipinski definition) is 5. The summed E-state index contributed by atoms with van der Waals surface area (Å²) in [5.74, 6) is 1.68. The van der Waals surface area contributed by atoms with Crippen LogP contribution >= 0.6 is 11.8 Å². The van der Waals surface area contributed by atoms with E-state index in [0.29, 0.717) is 0 Å². The van der Waals surface area contributed by atoms with Crippen molar-refractivity contribution in [2.45, 2.75) is 24.6 Å². The molecule has 1 N–H and O–H groups in total. The Kier molecular flexibility index (Phi) is 2.79. The van der Waals surface area contributed by atoms with Crippen molar-refractivity contribution in [3.8, 4) is 0 Å². The summed E-state index contributed by atoms with van der Waals surface area (Å²) in [6.45, 7) is 3.89. The Morgan fingerprint density at radius 1 is 1.33 bits per heavy atom. The van der Waals surface area contributed by atoms with Crippen molar-refractivity contribution in [2.24, 2.45) is 0 Å². The normalized spacial score (nSPS) is 11.2. The molecule has 0 amide bonds. The Hall–Kier alpha value is -1.82. The summed E-state index contributed by atoms with van der Waals surface area (Å²) in [6, 6.07) is 1.99. The molecule has 0 atom stereocenters. The summed E-state index contributed by atoms with van der Waals surface area (Å²) in [5.41, 5.74) is 2.95. The van der Waals surface area contributed by atoms with E-state index in [1.54, 1.807) is 18.1 Å². The second kappa shape index (κ2) is 4.45. The molecule has 3 aromatic rings. The third-order valence-corrected chi connectivity index (χ3v) is 3.88. The van der Waals surface area contributed by atoms with E-state index in [4.69, 9.17) is 4.52 Å². The van der Waals surface area contributed by atoms with E-state index >= 15 is 0 Å². The zero-order valence-electron chi connectivity index (χ0n) is 10.1. The zero-order chi connectivity index (χ0) is 12.5. The summed E-state index contributed by atoms with van der Waals surface area (Å²) in [6.07, 6.45) is 3.45. The Balaban J connectivity index is 1.87. The highest BCUT2D eigenvalue weighted by Crippen LogP contribution is 2.28. The SMILES string of the molecule is Cc1noc(C)c1CSc1ncnc2[nH]ccc12. The number of rotatable bonds is 3. The molecule has 0 aliphatic heterocycles. The van der Waals surface area contributed by atoms with Crippen LogP contribution in [0.5, 0.6) is 0 Å². The first kappa shape index (κ1) is 11.3. The van der Waals surface area contributed by atoms with Crippen LogP contribution in [0.3, 0.4) is 0 Å². The van der Waals surface area contributed by atoms with Gasteiger partial charge in [-0.05, 0) is 19.9 Å². The van der Waals surface area contributed by atoms with Crippen LogP contribution in [0.1, 0.15) is 17.0 Å². The van der Waals surface area contributed by atoms with Gasteiger partial charge in [-0.15, -0.1) is 11.8 Å². The summed E-state index contributed by atoms with van der Waals surface area (Å²) >= 11 is 1.67. The smallest absolute Gasteiger partial charge is 0.141 e. The molecule has 0 aromatic carbocycles. The lowest BCUT2D eigenvalue weighted by Gasteiger charge is -2.01. The van der Waals surface area contributed by atoms with Crippen molar-refractivity contribution in [1.29, 1.82) is 0 Å². The predicted octanol–water partition coefficient (Wildman–Crippen LogP) is 2.86. The molecule has 0 spiro atoms. The number of nitrogens with one attached hydrogen (secondary N) is 1. The monoisotopic (exact) mass is 260 g/mol. The first-order chi connectivity index (χ1) is 8.75. The van der Waals surface area contributed by atoms with Crippen LogP contribution in [-0.4, -0.2) is 20.1 Å². The number of hydrogen-bond donors (Lipinski definition) is 1. The van der Waals surface area contributed by atoms with Crippen molar-refractivity contribution >= 4 is 22.8 Å². The highest BCUT2D eigenvalue weighted by atomic mass is 32.2. The van der Waals surface area contributed by atoms with E-state index in [2.05, 4.69) is 20.1 Å². The number of H-pyrrole nitrogens is 1. The molecular weight excluding hydrogens is 248 g/mol. The maximum atomic E-state index is 5.15. The highest BCUT2D eigenvalue weighted by Gasteiger charge is 2.11. The Bertz CT molecular complexity index is 669. The van der Waals surface area contributed by atoms with Crippen molar-refractivity contribution in [3.63, 3.8) is 0 Å².